The first-order valence-corrected chi connectivity index (χ1v) is 16.3. The van der Waals surface area contributed by atoms with Gasteiger partial charge in [-0.1, -0.05) is 109 Å². The maximum absolute atomic E-state index is 5.29. The first-order chi connectivity index (χ1) is 23.8. The molecule has 0 radical (unpaired) electrons. The molecule has 48 heavy (non-hydrogen) atoms. The molecule has 10 aromatic rings. The van der Waals surface area contributed by atoms with Crippen LogP contribution in [-0.4, -0.2) is 19.1 Å². The van der Waals surface area contributed by atoms with E-state index in [0.717, 1.165) is 44.6 Å². The first kappa shape index (κ1) is 26.7. The molecule has 0 spiro atoms. The molecular weight excluding hydrogens is 585 g/mol. The third kappa shape index (κ3) is 4.10. The number of benzene rings is 7. The Balaban J connectivity index is 1.20. The van der Waals surface area contributed by atoms with Crippen LogP contribution in [0.15, 0.2) is 170 Å². The van der Waals surface area contributed by atoms with Crippen LogP contribution in [0.2, 0.25) is 0 Å². The van der Waals surface area contributed by atoms with E-state index in [1.807, 2.05) is 6.07 Å². The summed E-state index contributed by atoms with van der Waals surface area (Å²) in [6.45, 7) is 0. The minimum Gasteiger partial charge on any atom is -0.316 e. The van der Waals surface area contributed by atoms with Gasteiger partial charge in [0.25, 0.3) is 0 Å². The Hall–Kier alpha value is -6.52. The van der Waals surface area contributed by atoms with Crippen LogP contribution in [0.3, 0.4) is 0 Å². The number of rotatable bonds is 4. The molecule has 4 nitrogen and oxygen atoms in total. The van der Waals surface area contributed by atoms with E-state index in [-0.39, 0.29) is 0 Å². The zero-order valence-electron chi connectivity index (χ0n) is 26.0. The fourth-order valence-electron chi connectivity index (χ4n) is 7.32. The largest absolute Gasteiger partial charge is 0.316 e. The van der Waals surface area contributed by atoms with E-state index in [4.69, 9.17) is 9.97 Å². The average Bonchev–Trinajstić information content (AvgIpc) is 3.72. The Kier molecular flexibility index (Phi) is 5.84. The number of fused-ring (bicyclic) bond motifs is 6. The fourth-order valence-corrected chi connectivity index (χ4v) is 7.32. The van der Waals surface area contributed by atoms with Crippen molar-refractivity contribution >= 4 is 54.4 Å². The molecule has 3 aromatic heterocycles. The number of hydrogen-bond acceptors (Lipinski definition) is 2. The maximum atomic E-state index is 5.29. The van der Waals surface area contributed by atoms with Gasteiger partial charge in [-0.25, -0.2) is 9.97 Å². The topological polar surface area (TPSA) is 35.6 Å². The van der Waals surface area contributed by atoms with Crippen LogP contribution in [0.1, 0.15) is 0 Å². The molecule has 0 aliphatic heterocycles. The van der Waals surface area contributed by atoms with E-state index >= 15 is 0 Å². The minimum atomic E-state index is 0.708. The lowest BCUT2D eigenvalue weighted by Gasteiger charge is -2.13. The van der Waals surface area contributed by atoms with Gasteiger partial charge in [0.15, 0.2) is 5.82 Å². The highest BCUT2D eigenvalue weighted by Gasteiger charge is 2.17. The number of nitrogens with zero attached hydrogens (tertiary/aromatic N) is 4. The zero-order chi connectivity index (χ0) is 31.6. The summed E-state index contributed by atoms with van der Waals surface area (Å²) < 4.78 is 4.65. The molecule has 7 aromatic carbocycles. The van der Waals surface area contributed by atoms with Crippen LogP contribution >= 0.6 is 0 Å². The Bertz CT molecular complexity index is 2840. The lowest BCUT2D eigenvalue weighted by molar-refractivity contribution is 1.12. The van der Waals surface area contributed by atoms with Crippen LogP contribution < -0.4 is 0 Å². The minimum absolute atomic E-state index is 0.708. The molecule has 0 saturated carbocycles. The highest BCUT2D eigenvalue weighted by atomic mass is 15.0. The number of hydrogen-bond donors (Lipinski definition) is 0. The van der Waals surface area contributed by atoms with E-state index < -0.39 is 0 Å². The van der Waals surface area contributed by atoms with Gasteiger partial charge in [0, 0.05) is 50.2 Å². The van der Waals surface area contributed by atoms with Crippen LogP contribution in [-0.2, 0) is 0 Å². The quantitative estimate of drug-likeness (QED) is 0.198. The van der Waals surface area contributed by atoms with Crippen molar-refractivity contribution in [3.63, 3.8) is 0 Å². The lowest BCUT2D eigenvalue weighted by Crippen LogP contribution is -1.98. The first-order valence-electron chi connectivity index (χ1n) is 16.3. The maximum Gasteiger partial charge on any atom is 0.160 e. The molecule has 10 rings (SSSR count). The molecule has 0 aliphatic rings. The summed E-state index contributed by atoms with van der Waals surface area (Å²) in [5.74, 6) is 0.708. The molecule has 0 atom stereocenters. The van der Waals surface area contributed by atoms with E-state index in [1.165, 1.54) is 38.0 Å². The monoisotopic (exact) mass is 612 g/mol. The molecule has 0 unspecified atom stereocenters. The van der Waals surface area contributed by atoms with Crippen molar-refractivity contribution in [2.75, 3.05) is 0 Å². The molecular formula is C44H28N4. The van der Waals surface area contributed by atoms with Crippen molar-refractivity contribution in [1.29, 1.82) is 0 Å². The SMILES string of the molecule is c1ccc(-n2ccc3cc4c5ccccc5n(-c5cccc(-c6nc(-c7cccc8ccccc78)c7ccccc7n6)c5)c4cc32)cc1. The lowest BCUT2D eigenvalue weighted by atomic mass is 9.99. The fraction of sp³-hybridized carbons (Fsp3) is 0. The van der Waals surface area contributed by atoms with Gasteiger partial charge < -0.3 is 9.13 Å². The smallest absolute Gasteiger partial charge is 0.160 e. The van der Waals surface area contributed by atoms with Crippen molar-refractivity contribution in [3.8, 4) is 34.0 Å². The highest BCUT2D eigenvalue weighted by molar-refractivity contribution is 6.13. The predicted octanol–water partition coefficient (Wildman–Crippen LogP) is 11.2. The third-order valence-electron chi connectivity index (χ3n) is 9.53. The van der Waals surface area contributed by atoms with Crippen molar-refractivity contribution in [1.82, 2.24) is 19.1 Å². The second-order valence-electron chi connectivity index (χ2n) is 12.3. The molecule has 0 aliphatic carbocycles. The average molecular weight is 613 g/mol. The van der Waals surface area contributed by atoms with Crippen LogP contribution in [0.4, 0.5) is 0 Å². The molecule has 3 heterocycles. The van der Waals surface area contributed by atoms with E-state index in [0.29, 0.717) is 5.82 Å². The van der Waals surface area contributed by atoms with Gasteiger partial charge in [0.1, 0.15) is 0 Å². The second-order valence-corrected chi connectivity index (χ2v) is 12.3. The Morgan fingerprint density at radius 2 is 1.15 bits per heavy atom. The van der Waals surface area contributed by atoms with Gasteiger partial charge in [-0.2, -0.15) is 0 Å². The summed E-state index contributed by atoms with van der Waals surface area (Å²) in [4.78, 5) is 10.4. The Morgan fingerprint density at radius 1 is 0.417 bits per heavy atom. The summed E-state index contributed by atoms with van der Waals surface area (Å²) in [7, 11) is 0. The van der Waals surface area contributed by atoms with Crippen molar-refractivity contribution in [2.24, 2.45) is 0 Å². The van der Waals surface area contributed by atoms with Crippen molar-refractivity contribution < 1.29 is 0 Å². The summed E-state index contributed by atoms with van der Waals surface area (Å²) in [5, 5.41) is 7.10. The molecule has 224 valence electrons. The van der Waals surface area contributed by atoms with Gasteiger partial charge >= 0.3 is 0 Å². The third-order valence-corrected chi connectivity index (χ3v) is 9.53. The van der Waals surface area contributed by atoms with Gasteiger partial charge in [-0.3, -0.25) is 0 Å². The van der Waals surface area contributed by atoms with Gasteiger partial charge in [-0.05, 0) is 65.4 Å². The molecule has 0 saturated heterocycles. The van der Waals surface area contributed by atoms with Gasteiger partial charge in [0.2, 0.25) is 0 Å². The number of para-hydroxylation sites is 3. The summed E-state index contributed by atoms with van der Waals surface area (Å²) >= 11 is 0. The molecule has 0 bridgehead atoms. The molecule has 0 amide bonds. The van der Waals surface area contributed by atoms with Crippen molar-refractivity contribution in [2.45, 2.75) is 0 Å². The van der Waals surface area contributed by atoms with Gasteiger partial charge in [0.05, 0.1) is 27.8 Å². The Morgan fingerprint density at radius 3 is 2.06 bits per heavy atom. The Labute approximate surface area is 276 Å². The second kappa shape index (κ2) is 10.5. The summed E-state index contributed by atoms with van der Waals surface area (Å²) in [5.41, 5.74) is 9.66. The number of aromatic nitrogens is 4. The normalized spacial score (nSPS) is 11.8. The summed E-state index contributed by atoms with van der Waals surface area (Å²) in [6, 6.07) is 58.0. The van der Waals surface area contributed by atoms with Crippen molar-refractivity contribution in [3.05, 3.63) is 170 Å². The zero-order valence-corrected chi connectivity index (χ0v) is 26.0. The highest BCUT2D eigenvalue weighted by Crippen LogP contribution is 2.38. The standard InChI is InChI=1S/C44H28N4/c1-2-15-32(16-3-1)47-25-24-30-27-38-35-19-7-9-23-40(35)48(42(38)28-41(30)47)33-17-10-14-31(26-33)44-45-39-22-8-6-20-37(39)43(46-44)36-21-11-13-29-12-4-5-18-34(29)36/h1-28H. The predicted molar refractivity (Wildman–Crippen MR) is 199 cm³/mol. The molecule has 4 heteroatoms. The van der Waals surface area contributed by atoms with Crippen LogP contribution in [0.25, 0.3) is 88.4 Å². The summed E-state index contributed by atoms with van der Waals surface area (Å²) in [6.07, 6.45) is 2.16. The van der Waals surface area contributed by atoms with E-state index in [9.17, 15) is 0 Å². The van der Waals surface area contributed by atoms with E-state index in [1.54, 1.807) is 0 Å². The van der Waals surface area contributed by atoms with Crippen LogP contribution in [0.5, 0.6) is 0 Å². The van der Waals surface area contributed by atoms with Gasteiger partial charge in [-0.15, -0.1) is 0 Å². The molecule has 0 fully saturated rings. The van der Waals surface area contributed by atoms with E-state index in [2.05, 4.69) is 173 Å². The van der Waals surface area contributed by atoms with Crippen LogP contribution in [0, 0.1) is 0 Å². The molecule has 0 N–H and O–H groups in total.